The molecule has 1 fully saturated rings. The number of hydrogen-bond donors (Lipinski definition) is 2. The van der Waals surface area contributed by atoms with Gasteiger partial charge in [-0.25, -0.2) is 9.97 Å². The molecule has 0 aliphatic carbocycles. The standard InChI is InChI=1S/C17H23N5O2/c1-11-9-14(18)16(19)21-17(11)22-7-5-12(6-8-22)24-13-3-4-15(23-2)20-10-13/h3-4,9-10,12H,5-8,18H2,1-2H3,(H2,19,21). The van der Waals surface area contributed by atoms with Gasteiger partial charge in [0, 0.05) is 32.0 Å². The Morgan fingerprint density at radius 3 is 2.58 bits per heavy atom. The molecule has 7 nitrogen and oxygen atoms in total. The molecule has 128 valence electrons. The quantitative estimate of drug-likeness (QED) is 0.885. The van der Waals surface area contributed by atoms with Crippen LogP contribution in [-0.2, 0) is 0 Å². The lowest BCUT2D eigenvalue weighted by Gasteiger charge is -2.33. The highest BCUT2D eigenvalue weighted by atomic mass is 16.5. The van der Waals surface area contributed by atoms with Gasteiger partial charge in [0.2, 0.25) is 5.88 Å². The Bertz CT molecular complexity index is 697. The fraction of sp³-hybridized carbons (Fsp3) is 0.412. The van der Waals surface area contributed by atoms with Crippen molar-refractivity contribution in [1.29, 1.82) is 0 Å². The molecule has 0 spiro atoms. The molecule has 0 saturated carbocycles. The largest absolute Gasteiger partial charge is 0.489 e. The Morgan fingerprint density at radius 2 is 1.96 bits per heavy atom. The summed E-state index contributed by atoms with van der Waals surface area (Å²) in [5.41, 5.74) is 13.2. The molecule has 4 N–H and O–H groups in total. The van der Waals surface area contributed by atoms with Gasteiger partial charge in [-0.3, -0.25) is 0 Å². The van der Waals surface area contributed by atoms with E-state index in [0.717, 1.165) is 43.1 Å². The van der Waals surface area contributed by atoms with E-state index in [1.54, 1.807) is 19.4 Å². The Hall–Kier alpha value is -2.70. The number of hydrogen-bond acceptors (Lipinski definition) is 7. The number of nitrogens with two attached hydrogens (primary N) is 2. The number of nitrogen functional groups attached to an aromatic ring is 2. The maximum atomic E-state index is 6.00. The van der Waals surface area contributed by atoms with Gasteiger partial charge in [0.15, 0.2) is 0 Å². The predicted molar refractivity (Wildman–Crippen MR) is 94.5 cm³/mol. The van der Waals surface area contributed by atoms with Crippen LogP contribution in [0.15, 0.2) is 24.4 Å². The second-order valence-corrected chi connectivity index (χ2v) is 5.94. The summed E-state index contributed by atoms with van der Waals surface area (Å²) in [7, 11) is 1.60. The highest BCUT2D eigenvalue weighted by Gasteiger charge is 2.23. The smallest absolute Gasteiger partial charge is 0.213 e. The number of nitrogens with zero attached hydrogens (tertiary/aromatic N) is 3. The van der Waals surface area contributed by atoms with Gasteiger partial charge in [-0.1, -0.05) is 0 Å². The first-order valence-corrected chi connectivity index (χ1v) is 8.01. The minimum absolute atomic E-state index is 0.169. The molecule has 0 atom stereocenters. The van der Waals surface area contributed by atoms with E-state index in [1.807, 2.05) is 19.1 Å². The molecular formula is C17H23N5O2. The summed E-state index contributed by atoms with van der Waals surface area (Å²) in [5.74, 6) is 2.64. The van der Waals surface area contributed by atoms with E-state index in [1.165, 1.54) is 0 Å². The molecule has 1 aliphatic heterocycles. The molecule has 2 aromatic rings. The molecule has 2 aromatic heterocycles. The van der Waals surface area contributed by atoms with Gasteiger partial charge in [0.1, 0.15) is 23.5 Å². The van der Waals surface area contributed by atoms with Crippen molar-refractivity contribution in [3.05, 3.63) is 30.0 Å². The topological polar surface area (TPSA) is 99.5 Å². The number of piperidine rings is 1. The number of pyridine rings is 2. The average Bonchev–Trinajstić information content (AvgIpc) is 2.60. The van der Waals surface area contributed by atoms with Gasteiger partial charge in [-0.15, -0.1) is 0 Å². The van der Waals surface area contributed by atoms with E-state index in [-0.39, 0.29) is 6.10 Å². The van der Waals surface area contributed by atoms with Crippen LogP contribution in [0.4, 0.5) is 17.3 Å². The first-order chi connectivity index (χ1) is 11.6. The zero-order chi connectivity index (χ0) is 17.1. The number of aromatic nitrogens is 2. The molecule has 0 radical (unpaired) electrons. The average molecular weight is 329 g/mol. The molecule has 3 rings (SSSR count). The third-order valence-corrected chi connectivity index (χ3v) is 4.21. The Kier molecular flexibility index (Phi) is 4.59. The summed E-state index contributed by atoms with van der Waals surface area (Å²) < 4.78 is 11.1. The minimum atomic E-state index is 0.169. The SMILES string of the molecule is COc1ccc(OC2CCN(c3nc(N)c(N)cc3C)CC2)cn1. The number of ether oxygens (including phenoxy) is 2. The zero-order valence-corrected chi connectivity index (χ0v) is 14.0. The molecule has 0 bridgehead atoms. The summed E-state index contributed by atoms with van der Waals surface area (Å²) in [5, 5.41) is 0. The highest BCUT2D eigenvalue weighted by Crippen LogP contribution is 2.27. The molecule has 3 heterocycles. The van der Waals surface area contributed by atoms with Crippen LogP contribution in [-0.4, -0.2) is 36.3 Å². The van der Waals surface area contributed by atoms with Crippen LogP contribution < -0.4 is 25.8 Å². The highest BCUT2D eigenvalue weighted by molar-refractivity contribution is 5.65. The fourth-order valence-corrected chi connectivity index (χ4v) is 2.89. The Balaban J connectivity index is 1.60. The van der Waals surface area contributed by atoms with E-state index >= 15 is 0 Å². The Morgan fingerprint density at radius 1 is 1.21 bits per heavy atom. The lowest BCUT2D eigenvalue weighted by Crippen LogP contribution is -2.39. The van der Waals surface area contributed by atoms with Gasteiger partial charge in [-0.2, -0.15) is 0 Å². The summed E-state index contributed by atoms with van der Waals surface area (Å²) in [6.45, 7) is 3.74. The van der Waals surface area contributed by atoms with Gasteiger partial charge in [0.05, 0.1) is 19.0 Å². The number of aryl methyl sites for hydroxylation is 1. The monoisotopic (exact) mass is 329 g/mol. The maximum absolute atomic E-state index is 6.00. The minimum Gasteiger partial charge on any atom is -0.489 e. The lowest BCUT2D eigenvalue weighted by molar-refractivity contribution is 0.170. The van der Waals surface area contributed by atoms with Crippen molar-refractivity contribution in [2.45, 2.75) is 25.9 Å². The van der Waals surface area contributed by atoms with Gasteiger partial charge in [0.25, 0.3) is 0 Å². The van der Waals surface area contributed by atoms with Crippen molar-refractivity contribution < 1.29 is 9.47 Å². The van der Waals surface area contributed by atoms with Crippen LogP contribution in [0.3, 0.4) is 0 Å². The maximum Gasteiger partial charge on any atom is 0.213 e. The van der Waals surface area contributed by atoms with Gasteiger partial charge < -0.3 is 25.8 Å². The third kappa shape index (κ3) is 3.45. The number of anilines is 3. The Labute approximate surface area is 141 Å². The normalized spacial score (nSPS) is 15.3. The van der Waals surface area contributed by atoms with Crippen molar-refractivity contribution in [2.75, 3.05) is 36.6 Å². The van der Waals surface area contributed by atoms with Gasteiger partial charge in [-0.05, 0) is 24.6 Å². The van der Waals surface area contributed by atoms with E-state index in [9.17, 15) is 0 Å². The molecule has 0 unspecified atom stereocenters. The van der Waals surface area contributed by atoms with Crippen molar-refractivity contribution in [3.63, 3.8) is 0 Å². The van der Waals surface area contributed by atoms with Crippen LogP contribution in [0.25, 0.3) is 0 Å². The molecule has 1 saturated heterocycles. The third-order valence-electron chi connectivity index (χ3n) is 4.21. The molecule has 0 aromatic carbocycles. The second-order valence-electron chi connectivity index (χ2n) is 5.94. The first-order valence-electron chi connectivity index (χ1n) is 8.01. The fourth-order valence-electron chi connectivity index (χ4n) is 2.89. The first kappa shape index (κ1) is 16.2. The van der Waals surface area contributed by atoms with E-state index < -0.39 is 0 Å². The molecule has 0 amide bonds. The van der Waals surface area contributed by atoms with Crippen LogP contribution in [0.2, 0.25) is 0 Å². The van der Waals surface area contributed by atoms with Crippen LogP contribution in [0, 0.1) is 6.92 Å². The predicted octanol–water partition coefficient (Wildman–Crippen LogP) is 2.01. The number of rotatable bonds is 4. The van der Waals surface area contributed by atoms with Crippen molar-refractivity contribution >= 4 is 17.3 Å². The van der Waals surface area contributed by atoms with Crippen molar-refractivity contribution in [3.8, 4) is 11.6 Å². The van der Waals surface area contributed by atoms with Crippen LogP contribution >= 0.6 is 0 Å². The lowest BCUT2D eigenvalue weighted by atomic mass is 10.1. The van der Waals surface area contributed by atoms with E-state index in [4.69, 9.17) is 20.9 Å². The van der Waals surface area contributed by atoms with Gasteiger partial charge >= 0.3 is 0 Å². The van der Waals surface area contributed by atoms with E-state index in [0.29, 0.717) is 17.4 Å². The zero-order valence-electron chi connectivity index (χ0n) is 14.0. The summed E-state index contributed by atoms with van der Waals surface area (Å²) in [6.07, 6.45) is 3.69. The number of methoxy groups -OCH3 is 1. The van der Waals surface area contributed by atoms with Crippen molar-refractivity contribution in [1.82, 2.24) is 9.97 Å². The molecule has 1 aliphatic rings. The molecule has 24 heavy (non-hydrogen) atoms. The summed E-state index contributed by atoms with van der Waals surface area (Å²) in [4.78, 5) is 10.8. The molecular weight excluding hydrogens is 306 g/mol. The molecule has 7 heteroatoms. The van der Waals surface area contributed by atoms with Crippen LogP contribution in [0.1, 0.15) is 18.4 Å². The summed E-state index contributed by atoms with van der Waals surface area (Å²) >= 11 is 0. The van der Waals surface area contributed by atoms with Crippen molar-refractivity contribution in [2.24, 2.45) is 0 Å². The second kappa shape index (κ2) is 6.82. The summed E-state index contributed by atoms with van der Waals surface area (Å²) in [6, 6.07) is 5.56. The van der Waals surface area contributed by atoms with Crippen LogP contribution in [0.5, 0.6) is 11.6 Å². The van der Waals surface area contributed by atoms with E-state index in [2.05, 4.69) is 14.9 Å².